The van der Waals surface area contributed by atoms with Crippen LogP contribution >= 0.6 is 0 Å². The predicted molar refractivity (Wildman–Crippen MR) is 77.0 cm³/mol. The maximum Gasteiger partial charge on any atom is 0.309 e. The summed E-state index contributed by atoms with van der Waals surface area (Å²) < 4.78 is 18.6. The number of benzene rings is 1. The minimum absolute atomic E-state index is 0.0185. The van der Waals surface area contributed by atoms with Crippen molar-refractivity contribution in [1.29, 1.82) is 0 Å². The summed E-state index contributed by atoms with van der Waals surface area (Å²) in [6.07, 6.45) is 0.773. The van der Waals surface area contributed by atoms with Gasteiger partial charge in [-0.2, -0.15) is 0 Å². The van der Waals surface area contributed by atoms with E-state index in [1.165, 1.54) is 6.07 Å². The van der Waals surface area contributed by atoms with Gasteiger partial charge in [-0.1, -0.05) is 18.2 Å². The van der Waals surface area contributed by atoms with Crippen LogP contribution in [0, 0.1) is 5.82 Å². The zero-order valence-corrected chi connectivity index (χ0v) is 12.3. The van der Waals surface area contributed by atoms with Crippen molar-refractivity contribution in [2.45, 2.75) is 32.9 Å². The standard InChI is InChI=1S/C15H21FN2O3/c1-11(2)21-9-5-8-17-14(19)15(20)18-10-12-6-3-4-7-13(12)16/h3-4,6-7,11H,5,8-10H2,1-2H3,(H,17,19)(H,18,20). The van der Waals surface area contributed by atoms with Gasteiger partial charge in [0, 0.05) is 25.3 Å². The number of halogens is 1. The van der Waals surface area contributed by atoms with Gasteiger partial charge in [0.1, 0.15) is 5.82 Å². The van der Waals surface area contributed by atoms with Crippen LogP contribution in [-0.4, -0.2) is 31.1 Å². The van der Waals surface area contributed by atoms with Crippen LogP contribution in [0.15, 0.2) is 24.3 Å². The molecule has 1 aromatic rings. The Balaban J connectivity index is 2.22. The van der Waals surface area contributed by atoms with Crippen LogP contribution in [0.1, 0.15) is 25.8 Å². The smallest absolute Gasteiger partial charge is 0.309 e. The van der Waals surface area contributed by atoms with Crippen molar-refractivity contribution in [2.75, 3.05) is 13.2 Å². The van der Waals surface area contributed by atoms with Gasteiger partial charge in [-0.05, 0) is 26.3 Å². The molecular formula is C15H21FN2O3. The van der Waals surface area contributed by atoms with Gasteiger partial charge in [0.2, 0.25) is 0 Å². The number of carbonyl (C=O) groups excluding carboxylic acids is 2. The molecule has 0 saturated heterocycles. The van der Waals surface area contributed by atoms with E-state index in [4.69, 9.17) is 4.74 Å². The number of rotatable bonds is 7. The fraction of sp³-hybridized carbons (Fsp3) is 0.467. The Kier molecular flexibility index (Phi) is 7.39. The molecule has 2 amide bonds. The molecule has 0 aliphatic rings. The van der Waals surface area contributed by atoms with Crippen molar-refractivity contribution in [3.8, 4) is 0 Å². The van der Waals surface area contributed by atoms with E-state index in [2.05, 4.69) is 10.6 Å². The van der Waals surface area contributed by atoms with Crippen molar-refractivity contribution in [3.63, 3.8) is 0 Å². The maximum atomic E-state index is 13.3. The topological polar surface area (TPSA) is 67.4 Å². The van der Waals surface area contributed by atoms with E-state index in [-0.39, 0.29) is 12.6 Å². The van der Waals surface area contributed by atoms with E-state index < -0.39 is 17.6 Å². The first kappa shape index (κ1) is 17.1. The predicted octanol–water partition coefficient (Wildman–Crippen LogP) is 1.37. The molecule has 0 bridgehead atoms. The lowest BCUT2D eigenvalue weighted by atomic mass is 10.2. The number of ether oxygens (including phenoxy) is 1. The third-order valence-corrected chi connectivity index (χ3v) is 2.66. The molecule has 0 heterocycles. The molecule has 1 rings (SSSR count). The first-order valence-corrected chi connectivity index (χ1v) is 6.91. The molecule has 0 aliphatic heterocycles. The lowest BCUT2D eigenvalue weighted by Crippen LogP contribution is -2.40. The van der Waals surface area contributed by atoms with Crippen LogP contribution < -0.4 is 10.6 Å². The average molecular weight is 296 g/mol. The molecule has 0 spiro atoms. The average Bonchev–Trinajstić information content (AvgIpc) is 2.45. The first-order chi connectivity index (χ1) is 10.0. The van der Waals surface area contributed by atoms with Gasteiger partial charge >= 0.3 is 11.8 Å². The van der Waals surface area contributed by atoms with Crippen molar-refractivity contribution in [2.24, 2.45) is 0 Å². The summed E-state index contributed by atoms with van der Waals surface area (Å²) in [7, 11) is 0. The summed E-state index contributed by atoms with van der Waals surface area (Å²) >= 11 is 0. The summed E-state index contributed by atoms with van der Waals surface area (Å²) in [5.41, 5.74) is 0.337. The summed E-state index contributed by atoms with van der Waals surface area (Å²) in [6.45, 7) is 4.71. The van der Waals surface area contributed by atoms with Gasteiger partial charge in [-0.25, -0.2) is 4.39 Å². The van der Waals surface area contributed by atoms with E-state index in [0.29, 0.717) is 25.1 Å². The number of carbonyl (C=O) groups is 2. The van der Waals surface area contributed by atoms with Gasteiger partial charge in [0.15, 0.2) is 0 Å². The van der Waals surface area contributed by atoms with E-state index in [1.54, 1.807) is 18.2 Å². The Morgan fingerprint density at radius 1 is 1.19 bits per heavy atom. The van der Waals surface area contributed by atoms with Crippen LogP contribution in [0.25, 0.3) is 0 Å². The highest BCUT2D eigenvalue weighted by Gasteiger charge is 2.12. The van der Waals surface area contributed by atoms with Gasteiger partial charge in [-0.15, -0.1) is 0 Å². The van der Waals surface area contributed by atoms with Crippen molar-refractivity contribution in [3.05, 3.63) is 35.6 Å². The Morgan fingerprint density at radius 2 is 1.86 bits per heavy atom. The van der Waals surface area contributed by atoms with Gasteiger partial charge < -0.3 is 15.4 Å². The molecule has 0 saturated carbocycles. The fourth-order valence-electron chi connectivity index (χ4n) is 1.57. The second-order valence-electron chi connectivity index (χ2n) is 4.80. The van der Waals surface area contributed by atoms with Crippen molar-refractivity contribution >= 4 is 11.8 Å². The Bertz CT molecular complexity index is 478. The van der Waals surface area contributed by atoms with Gasteiger partial charge in [0.25, 0.3) is 0 Å². The Morgan fingerprint density at radius 3 is 2.52 bits per heavy atom. The summed E-state index contributed by atoms with van der Waals surface area (Å²) in [5.74, 6) is -1.91. The number of nitrogens with one attached hydrogen (secondary N) is 2. The molecule has 0 unspecified atom stereocenters. The molecule has 0 aliphatic carbocycles. The monoisotopic (exact) mass is 296 g/mol. The quantitative estimate of drug-likeness (QED) is 0.590. The lowest BCUT2D eigenvalue weighted by Gasteiger charge is -2.09. The number of hydrogen-bond donors (Lipinski definition) is 2. The zero-order valence-electron chi connectivity index (χ0n) is 12.3. The zero-order chi connectivity index (χ0) is 15.7. The lowest BCUT2D eigenvalue weighted by molar-refractivity contribution is -0.139. The maximum absolute atomic E-state index is 13.3. The van der Waals surface area contributed by atoms with Crippen LogP contribution in [-0.2, 0) is 20.9 Å². The summed E-state index contributed by atoms with van der Waals surface area (Å²) in [6, 6.07) is 6.08. The molecule has 1 aromatic carbocycles. The van der Waals surface area contributed by atoms with E-state index >= 15 is 0 Å². The van der Waals surface area contributed by atoms with Crippen LogP contribution in [0.2, 0.25) is 0 Å². The van der Waals surface area contributed by atoms with Gasteiger partial charge in [0.05, 0.1) is 6.10 Å². The molecule has 0 fully saturated rings. The van der Waals surface area contributed by atoms with Crippen molar-refractivity contribution in [1.82, 2.24) is 10.6 Å². The number of hydrogen-bond acceptors (Lipinski definition) is 3. The highest BCUT2D eigenvalue weighted by atomic mass is 19.1. The first-order valence-electron chi connectivity index (χ1n) is 6.91. The SMILES string of the molecule is CC(C)OCCCNC(=O)C(=O)NCc1ccccc1F. The molecule has 116 valence electrons. The van der Waals surface area contributed by atoms with Crippen LogP contribution in [0.3, 0.4) is 0 Å². The minimum atomic E-state index is -0.775. The molecule has 0 radical (unpaired) electrons. The summed E-state index contributed by atoms with van der Waals surface area (Å²) in [5, 5.41) is 4.86. The minimum Gasteiger partial charge on any atom is -0.379 e. The van der Waals surface area contributed by atoms with E-state index in [0.717, 1.165) is 0 Å². The molecule has 21 heavy (non-hydrogen) atoms. The van der Waals surface area contributed by atoms with Crippen molar-refractivity contribution < 1.29 is 18.7 Å². The summed E-state index contributed by atoms with van der Waals surface area (Å²) in [4.78, 5) is 23.0. The third-order valence-electron chi connectivity index (χ3n) is 2.66. The molecule has 5 nitrogen and oxygen atoms in total. The number of amides is 2. The van der Waals surface area contributed by atoms with Crippen LogP contribution in [0.4, 0.5) is 4.39 Å². The molecule has 0 aromatic heterocycles. The molecule has 0 atom stereocenters. The molecular weight excluding hydrogens is 275 g/mol. The van der Waals surface area contributed by atoms with Gasteiger partial charge in [-0.3, -0.25) is 9.59 Å². The molecule has 2 N–H and O–H groups in total. The third kappa shape index (κ3) is 6.85. The van der Waals surface area contributed by atoms with E-state index in [9.17, 15) is 14.0 Å². The largest absolute Gasteiger partial charge is 0.379 e. The van der Waals surface area contributed by atoms with E-state index in [1.807, 2.05) is 13.8 Å². The highest BCUT2D eigenvalue weighted by Crippen LogP contribution is 2.05. The second kappa shape index (κ2) is 9.07. The normalized spacial score (nSPS) is 10.5. The fourth-order valence-corrected chi connectivity index (χ4v) is 1.57. The Labute approximate surface area is 123 Å². The Hall–Kier alpha value is -1.95. The van der Waals surface area contributed by atoms with Crippen LogP contribution in [0.5, 0.6) is 0 Å². The highest BCUT2D eigenvalue weighted by molar-refractivity contribution is 6.35. The molecule has 6 heteroatoms. The second-order valence-corrected chi connectivity index (χ2v) is 4.80.